The van der Waals surface area contributed by atoms with E-state index in [4.69, 9.17) is 11.6 Å². The summed E-state index contributed by atoms with van der Waals surface area (Å²) < 4.78 is 64.7. The summed E-state index contributed by atoms with van der Waals surface area (Å²) in [6.07, 6.45) is 0.947. The average Bonchev–Trinajstić information content (AvgIpc) is 2.40. The quantitative estimate of drug-likeness (QED) is 0.698. The van der Waals surface area contributed by atoms with Crippen molar-refractivity contribution < 1.29 is 21.6 Å². The van der Waals surface area contributed by atoms with Gasteiger partial charge in [0.05, 0.1) is 5.69 Å². The van der Waals surface area contributed by atoms with Crippen LogP contribution in [-0.4, -0.2) is 13.4 Å². The average molecular weight is 323 g/mol. The molecular weight excluding hydrogens is 317 g/mol. The Morgan fingerprint density at radius 3 is 2.35 bits per heavy atom. The highest BCUT2D eigenvalue weighted by molar-refractivity contribution is 7.92. The van der Waals surface area contributed by atoms with Crippen LogP contribution in [0.4, 0.5) is 18.9 Å². The van der Waals surface area contributed by atoms with E-state index in [9.17, 15) is 21.6 Å². The van der Waals surface area contributed by atoms with Gasteiger partial charge in [0.15, 0.2) is 17.5 Å². The first-order valence-electron chi connectivity index (χ1n) is 5.09. The van der Waals surface area contributed by atoms with Crippen LogP contribution in [0.15, 0.2) is 35.4 Å². The molecule has 0 radical (unpaired) electrons. The van der Waals surface area contributed by atoms with Crippen LogP contribution in [-0.2, 0) is 10.0 Å². The molecule has 2 aromatic rings. The monoisotopic (exact) mass is 322 g/mol. The van der Waals surface area contributed by atoms with Crippen LogP contribution in [0.5, 0.6) is 0 Å². The third-order valence-corrected chi connectivity index (χ3v) is 3.86. The summed E-state index contributed by atoms with van der Waals surface area (Å²) in [6, 6.07) is 3.73. The van der Waals surface area contributed by atoms with E-state index in [0.717, 1.165) is 18.3 Å². The van der Waals surface area contributed by atoms with E-state index >= 15 is 0 Å². The molecule has 0 aliphatic rings. The second kappa shape index (κ2) is 5.29. The highest BCUT2D eigenvalue weighted by Gasteiger charge is 2.20. The maximum atomic E-state index is 13.4. The maximum Gasteiger partial charge on any atom is 0.263 e. The molecule has 0 fully saturated rings. The van der Waals surface area contributed by atoms with Gasteiger partial charge in [0, 0.05) is 6.20 Å². The van der Waals surface area contributed by atoms with Gasteiger partial charge in [0.2, 0.25) is 0 Å². The first-order chi connectivity index (χ1) is 9.31. The van der Waals surface area contributed by atoms with Gasteiger partial charge >= 0.3 is 0 Å². The minimum atomic E-state index is -4.18. The van der Waals surface area contributed by atoms with E-state index in [2.05, 4.69) is 4.98 Å². The fourth-order valence-corrected chi connectivity index (χ4v) is 2.45. The molecule has 1 aromatic heterocycles. The molecule has 9 heteroatoms. The van der Waals surface area contributed by atoms with Crippen molar-refractivity contribution in [3.63, 3.8) is 0 Å². The summed E-state index contributed by atoms with van der Waals surface area (Å²) in [5.41, 5.74) is -0.709. The van der Waals surface area contributed by atoms with Crippen molar-refractivity contribution in [1.82, 2.24) is 4.98 Å². The lowest BCUT2D eigenvalue weighted by molar-refractivity contribution is 0.449. The van der Waals surface area contributed by atoms with Gasteiger partial charge in [-0.1, -0.05) is 11.6 Å². The number of nitrogens with zero attached hydrogens (tertiary/aromatic N) is 1. The molecule has 4 nitrogen and oxygen atoms in total. The fourth-order valence-electron chi connectivity index (χ4n) is 1.33. The molecule has 1 N–H and O–H groups in total. The van der Waals surface area contributed by atoms with Gasteiger partial charge in [-0.25, -0.2) is 26.6 Å². The number of hydrogen-bond donors (Lipinski definition) is 1. The topological polar surface area (TPSA) is 59.1 Å². The van der Waals surface area contributed by atoms with E-state index in [1.165, 1.54) is 6.07 Å². The van der Waals surface area contributed by atoms with Gasteiger partial charge in [-0.3, -0.25) is 4.72 Å². The Morgan fingerprint density at radius 2 is 1.75 bits per heavy atom. The molecule has 0 aliphatic heterocycles. The Labute approximate surface area is 117 Å². The van der Waals surface area contributed by atoms with Crippen molar-refractivity contribution in [3.05, 3.63) is 53.1 Å². The van der Waals surface area contributed by atoms with Crippen molar-refractivity contribution >= 4 is 27.3 Å². The summed E-state index contributed by atoms with van der Waals surface area (Å²) in [4.78, 5) is 3.26. The summed E-state index contributed by atoms with van der Waals surface area (Å²) in [5, 5.41) is 0.0722. The Hall–Kier alpha value is -1.80. The predicted octanol–water partition coefficient (Wildman–Crippen LogP) is 2.95. The number of hydrogen-bond acceptors (Lipinski definition) is 3. The van der Waals surface area contributed by atoms with Crippen molar-refractivity contribution in [2.75, 3.05) is 4.72 Å². The summed E-state index contributed by atoms with van der Waals surface area (Å²) >= 11 is 5.51. The second-order valence-electron chi connectivity index (χ2n) is 3.65. The van der Waals surface area contributed by atoms with Crippen LogP contribution in [0, 0.1) is 17.5 Å². The Morgan fingerprint density at radius 1 is 1.05 bits per heavy atom. The zero-order valence-corrected chi connectivity index (χ0v) is 11.1. The molecule has 0 unspecified atom stereocenters. The second-order valence-corrected chi connectivity index (χ2v) is 5.71. The summed E-state index contributed by atoms with van der Waals surface area (Å²) in [7, 11) is -4.18. The zero-order valence-electron chi connectivity index (χ0n) is 9.57. The molecule has 1 aromatic carbocycles. The smallest absolute Gasteiger partial charge is 0.263 e. The van der Waals surface area contributed by atoms with Crippen molar-refractivity contribution in [3.8, 4) is 0 Å². The van der Waals surface area contributed by atoms with Crippen molar-refractivity contribution in [2.24, 2.45) is 0 Å². The predicted molar refractivity (Wildman–Crippen MR) is 66.4 cm³/mol. The van der Waals surface area contributed by atoms with Gasteiger partial charge in [-0.15, -0.1) is 0 Å². The molecule has 0 saturated heterocycles. The van der Waals surface area contributed by atoms with Gasteiger partial charge in [0.25, 0.3) is 10.0 Å². The Kier molecular flexibility index (Phi) is 3.87. The first-order valence-corrected chi connectivity index (χ1v) is 6.95. The third kappa shape index (κ3) is 2.86. The van der Waals surface area contributed by atoms with Gasteiger partial charge in [0.1, 0.15) is 10.0 Å². The number of pyridine rings is 1. The minimum Gasteiger partial charge on any atom is -0.276 e. The van der Waals surface area contributed by atoms with E-state index in [-0.39, 0.29) is 10.0 Å². The molecule has 1 heterocycles. The SMILES string of the molecule is O=S(=O)(Nc1ccc(F)c(F)c1F)c1ccc(Cl)nc1. The van der Waals surface area contributed by atoms with Crippen molar-refractivity contribution in [2.45, 2.75) is 4.90 Å². The molecule has 0 saturated carbocycles. The number of nitrogens with one attached hydrogen (secondary N) is 1. The van der Waals surface area contributed by atoms with Crippen LogP contribution in [0.1, 0.15) is 0 Å². The number of anilines is 1. The minimum absolute atomic E-state index is 0.0722. The lowest BCUT2D eigenvalue weighted by Crippen LogP contribution is -2.15. The number of aromatic nitrogens is 1. The lowest BCUT2D eigenvalue weighted by atomic mass is 10.3. The molecule has 2 rings (SSSR count). The third-order valence-electron chi connectivity index (χ3n) is 2.29. The van der Waals surface area contributed by atoms with Crippen LogP contribution in [0.2, 0.25) is 5.15 Å². The lowest BCUT2D eigenvalue weighted by Gasteiger charge is -2.09. The summed E-state index contributed by atoms with van der Waals surface area (Å²) in [6.45, 7) is 0. The number of benzene rings is 1. The maximum absolute atomic E-state index is 13.4. The van der Waals surface area contributed by atoms with Crippen LogP contribution in [0.25, 0.3) is 0 Å². The Balaban J connectivity index is 2.38. The van der Waals surface area contributed by atoms with E-state index in [1.54, 1.807) is 4.72 Å². The van der Waals surface area contributed by atoms with Gasteiger partial charge in [-0.2, -0.15) is 0 Å². The molecule has 0 spiro atoms. The fraction of sp³-hybridized carbons (Fsp3) is 0. The van der Waals surface area contributed by atoms with Crippen LogP contribution >= 0.6 is 11.6 Å². The van der Waals surface area contributed by atoms with E-state index in [0.29, 0.717) is 6.07 Å². The highest BCUT2D eigenvalue weighted by Crippen LogP contribution is 2.22. The summed E-state index contributed by atoms with van der Waals surface area (Å²) in [5.74, 6) is -4.81. The van der Waals surface area contributed by atoms with E-state index in [1.807, 2.05) is 0 Å². The van der Waals surface area contributed by atoms with Crippen molar-refractivity contribution in [1.29, 1.82) is 0 Å². The largest absolute Gasteiger partial charge is 0.276 e. The number of rotatable bonds is 3. The molecule has 0 aliphatic carbocycles. The zero-order chi connectivity index (χ0) is 14.9. The standard InChI is InChI=1S/C11H6ClF3N2O2S/c12-9-4-1-6(5-16-9)20(18,19)17-8-3-2-7(13)10(14)11(8)15/h1-5,17H. The van der Waals surface area contributed by atoms with Crippen LogP contribution in [0.3, 0.4) is 0 Å². The molecular formula is C11H6ClF3N2O2S. The number of halogens is 4. The highest BCUT2D eigenvalue weighted by atomic mass is 35.5. The van der Waals surface area contributed by atoms with Gasteiger partial charge < -0.3 is 0 Å². The first kappa shape index (κ1) is 14.6. The van der Waals surface area contributed by atoms with Gasteiger partial charge in [-0.05, 0) is 24.3 Å². The normalized spacial score (nSPS) is 11.4. The molecule has 20 heavy (non-hydrogen) atoms. The van der Waals surface area contributed by atoms with Crippen LogP contribution < -0.4 is 4.72 Å². The molecule has 0 amide bonds. The van der Waals surface area contributed by atoms with E-state index < -0.39 is 33.2 Å². The number of sulfonamides is 1. The molecule has 0 atom stereocenters. The molecule has 106 valence electrons. The Bertz CT molecular complexity index is 751. The molecule has 0 bridgehead atoms.